The Morgan fingerprint density at radius 2 is 1.94 bits per heavy atom. The molecule has 0 fully saturated rings. The van der Waals surface area contributed by atoms with Crippen LogP contribution in [0.5, 0.6) is 0 Å². The maximum absolute atomic E-state index is 11.8. The van der Waals surface area contributed by atoms with E-state index >= 15 is 0 Å². The molecule has 0 radical (unpaired) electrons. The van der Waals surface area contributed by atoms with Crippen molar-refractivity contribution < 1.29 is 4.79 Å². The van der Waals surface area contributed by atoms with E-state index in [1.165, 1.54) is 16.7 Å². The molecule has 96 valence electrons. The van der Waals surface area contributed by atoms with Gasteiger partial charge in [0, 0.05) is 17.9 Å². The second-order valence-corrected chi connectivity index (χ2v) is 5.83. The number of fused-ring (bicyclic) bond motifs is 2. The van der Waals surface area contributed by atoms with Crippen molar-refractivity contribution >= 4 is 27.5 Å². The maximum Gasteiger partial charge on any atom is 0.227 e. The highest BCUT2D eigenvalue weighted by molar-refractivity contribution is 9.10. The van der Waals surface area contributed by atoms with Gasteiger partial charge in [0.1, 0.15) is 0 Å². The summed E-state index contributed by atoms with van der Waals surface area (Å²) >= 11 is 3.73. The van der Waals surface area contributed by atoms with E-state index < -0.39 is 0 Å². The summed E-state index contributed by atoms with van der Waals surface area (Å²) in [4.78, 5) is 13.6. The van der Waals surface area contributed by atoms with E-state index in [-0.39, 0.29) is 5.91 Å². The van der Waals surface area contributed by atoms with Gasteiger partial charge in [-0.3, -0.25) is 4.79 Å². The van der Waals surface area contributed by atoms with E-state index in [4.69, 9.17) is 0 Å². The molecule has 0 saturated carbocycles. The van der Waals surface area contributed by atoms with Crippen LogP contribution in [-0.4, -0.2) is 26.0 Å². The number of hydrogen-bond acceptors (Lipinski definition) is 2. The third-order valence-electron chi connectivity index (χ3n) is 3.95. The number of carbonyl (C=O) groups excluding carboxylic acids is 1. The number of rotatable bonds is 0. The molecule has 0 aromatic heterocycles. The second-order valence-electron chi connectivity index (χ2n) is 5.04. The smallest absolute Gasteiger partial charge is 0.227 e. The summed E-state index contributed by atoms with van der Waals surface area (Å²) in [5.74, 6) is 0.217. The summed E-state index contributed by atoms with van der Waals surface area (Å²) in [7, 11) is 1.88. The molecule has 18 heavy (non-hydrogen) atoms. The van der Waals surface area contributed by atoms with Crippen LogP contribution in [0.4, 0.5) is 5.69 Å². The fourth-order valence-electron chi connectivity index (χ4n) is 2.93. The third kappa shape index (κ3) is 1.88. The Morgan fingerprint density at radius 1 is 1.17 bits per heavy atom. The summed E-state index contributed by atoms with van der Waals surface area (Å²) in [5, 5.41) is 3.43. The standard InChI is InChI=1S/C14H17BrN2O/c1-17-12(18)3-2-10-8-9-4-6-16-7-5-11(9)13(15)14(10)17/h8,16H,2-7H2,1H3. The van der Waals surface area contributed by atoms with Crippen LogP contribution in [0.2, 0.25) is 0 Å². The summed E-state index contributed by atoms with van der Waals surface area (Å²) in [6, 6.07) is 2.31. The van der Waals surface area contributed by atoms with Crippen molar-refractivity contribution in [3.05, 3.63) is 27.2 Å². The zero-order valence-corrected chi connectivity index (χ0v) is 12.1. The van der Waals surface area contributed by atoms with Crippen LogP contribution in [0, 0.1) is 0 Å². The van der Waals surface area contributed by atoms with Crippen LogP contribution in [0.1, 0.15) is 23.1 Å². The number of hydrogen-bond donors (Lipinski definition) is 1. The van der Waals surface area contributed by atoms with Crippen LogP contribution >= 0.6 is 15.9 Å². The quantitative estimate of drug-likeness (QED) is 0.795. The van der Waals surface area contributed by atoms with E-state index in [0.717, 1.165) is 42.5 Å². The van der Waals surface area contributed by atoms with Crippen molar-refractivity contribution in [2.75, 3.05) is 25.0 Å². The predicted molar refractivity (Wildman–Crippen MR) is 76.2 cm³/mol. The number of nitrogens with zero attached hydrogens (tertiary/aromatic N) is 1. The van der Waals surface area contributed by atoms with E-state index in [1.54, 1.807) is 0 Å². The summed E-state index contributed by atoms with van der Waals surface area (Å²) < 4.78 is 1.13. The fraction of sp³-hybridized carbons (Fsp3) is 0.500. The number of nitrogens with one attached hydrogen (secondary N) is 1. The van der Waals surface area contributed by atoms with Gasteiger partial charge in [0.05, 0.1) is 5.69 Å². The monoisotopic (exact) mass is 308 g/mol. The van der Waals surface area contributed by atoms with Gasteiger partial charge in [-0.25, -0.2) is 0 Å². The van der Waals surface area contributed by atoms with Gasteiger partial charge in [-0.05, 0) is 65.0 Å². The van der Waals surface area contributed by atoms with Crippen molar-refractivity contribution in [3.8, 4) is 0 Å². The second kappa shape index (κ2) is 4.67. The average molecular weight is 309 g/mol. The van der Waals surface area contributed by atoms with Crippen LogP contribution in [0.3, 0.4) is 0 Å². The molecule has 0 spiro atoms. The fourth-order valence-corrected chi connectivity index (χ4v) is 3.91. The van der Waals surface area contributed by atoms with E-state index in [9.17, 15) is 4.79 Å². The summed E-state index contributed by atoms with van der Waals surface area (Å²) in [5.41, 5.74) is 5.21. The minimum Gasteiger partial charge on any atom is -0.316 e. The Hall–Kier alpha value is -0.870. The summed E-state index contributed by atoms with van der Waals surface area (Å²) in [6.45, 7) is 2.06. The Bertz CT molecular complexity index is 513. The largest absolute Gasteiger partial charge is 0.316 e. The van der Waals surface area contributed by atoms with Crippen molar-refractivity contribution in [3.63, 3.8) is 0 Å². The lowest BCUT2D eigenvalue weighted by atomic mass is 9.93. The van der Waals surface area contributed by atoms with E-state index in [1.807, 2.05) is 11.9 Å². The predicted octanol–water partition coefficient (Wildman–Crippen LogP) is 2.05. The molecule has 4 heteroatoms. The Labute approximate surface area is 116 Å². The topological polar surface area (TPSA) is 32.3 Å². The molecule has 0 saturated heterocycles. The highest BCUT2D eigenvalue weighted by atomic mass is 79.9. The van der Waals surface area contributed by atoms with Crippen LogP contribution in [0.25, 0.3) is 0 Å². The molecule has 2 aliphatic rings. The van der Waals surface area contributed by atoms with Crippen molar-refractivity contribution in [2.45, 2.75) is 25.7 Å². The normalized spacial score (nSPS) is 19.2. The lowest BCUT2D eigenvalue weighted by Crippen LogP contribution is -2.32. The van der Waals surface area contributed by atoms with Crippen molar-refractivity contribution in [2.24, 2.45) is 0 Å². The molecular weight excluding hydrogens is 292 g/mol. The first-order chi connectivity index (χ1) is 8.68. The van der Waals surface area contributed by atoms with Gasteiger partial charge in [-0.15, -0.1) is 0 Å². The summed E-state index contributed by atoms with van der Waals surface area (Å²) in [6.07, 6.45) is 3.62. The Morgan fingerprint density at radius 3 is 2.78 bits per heavy atom. The lowest BCUT2D eigenvalue weighted by Gasteiger charge is -2.29. The lowest BCUT2D eigenvalue weighted by molar-refractivity contribution is -0.118. The van der Waals surface area contributed by atoms with Gasteiger partial charge in [0.25, 0.3) is 0 Å². The molecule has 0 bridgehead atoms. The minimum absolute atomic E-state index is 0.217. The van der Waals surface area contributed by atoms with Crippen LogP contribution in [-0.2, 0) is 24.1 Å². The highest BCUT2D eigenvalue weighted by Gasteiger charge is 2.26. The van der Waals surface area contributed by atoms with Gasteiger partial charge in [0.2, 0.25) is 5.91 Å². The van der Waals surface area contributed by atoms with E-state index in [0.29, 0.717) is 6.42 Å². The molecule has 1 amide bonds. The van der Waals surface area contributed by atoms with Gasteiger partial charge < -0.3 is 10.2 Å². The number of benzene rings is 1. The number of amides is 1. The molecule has 1 aromatic carbocycles. The number of carbonyl (C=O) groups is 1. The molecule has 3 rings (SSSR count). The maximum atomic E-state index is 11.8. The molecule has 3 nitrogen and oxygen atoms in total. The molecule has 2 heterocycles. The Balaban J connectivity index is 2.16. The number of halogens is 1. The molecule has 2 aliphatic heterocycles. The zero-order chi connectivity index (χ0) is 12.7. The molecule has 0 unspecified atom stereocenters. The van der Waals surface area contributed by atoms with Gasteiger partial charge >= 0.3 is 0 Å². The van der Waals surface area contributed by atoms with Gasteiger partial charge in [-0.1, -0.05) is 6.07 Å². The van der Waals surface area contributed by atoms with Crippen molar-refractivity contribution in [1.29, 1.82) is 0 Å². The van der Waals surface area contributed by atoms with Crippen LogP contribution < -0.4 is 10.2 Å². The number of anilines is 1. The third-order valence-corrected chi connectivity index (χ3v) is 4.81. The van der Waals surface area contributed by atoms with Crippen LogP contribution in [0.15, 0.2) is 10.5 Å². The van der Waals surface area contributed by atoms with E-state index in [2.05, 4.69) is 27.3 Å². The zero-order valence-electron chi connectivity index (χ0n) is 10.6. The van der Waals surface area contributed by atoms with Crippen molar-refractivity contribution in [1.82, 2.24) is 5.32 Å². The average Bonchev–Trinajstić information content (AvgIpc) is 2.59. The molecular formula is C14H17BrN2O. The molecule has 0 atom stereocenters. The number of aryl methyl sites for hydroxylation is 1. The first-order valence-electron chi connectivity index (χ1n) is 6.49. The molecule has 1 aromatic rings. The minimum atomic E-state index is 0.217. The first-order valence-corrected chi connectivity index (χ1v) is 7.28. The SMILES string of the molecule is CN1C(=O)CCc2cc3c(c(Br)c21)CCNCC3. The van der Waals surface area contributed by atoms with Gasteiger partial charge in [-0.2, -0.15) is 0 Å². The first kappa shape index (κ1) is 12.2. The molecule has 1 N–H and O–H groups in total. The Kier molecular flexibility index (Phi) is 3.16. The molecule has 0 aliphatic carbocycles. The van der Waals surface area contributed by atoms with Gasteiger partial charge in [0.15, 0.2) is 0 Å². The highest BCUT2D eigenvalue weighted by Crippen LogP contribution is 2.39.